The van der Waals surface area contributed by atoms with Crippen LogP contribution in [0.3, 0.4) is 0 Å². The molecule has 31 heavy (non-hydrogen) atoms. The standard InChI is InChI=1S/C23H21ClFN5O/c1-15-22(16(2)30(28-15)21-9-5-19(25)6-10-21)11-23(31)26-12-17-13-27-29(14-17)20-7-3-18(24)4-8-20/h3-10,13-14H,11-12H2,1-2H3,(H,26,31). The Kier molecular flexibility index (Phi) is 5.86. The van der Waals surface area contributed by atoms with Gasteiger partial charge in [-0.15, -0.1) is 0 Å². The molecule has 2 aromatic carbocycles. The minimum absolute atomic E-state index is 0.107. The maximum absolute atomic E-state index is 13.2. The molecule has 0 saturated heterocycles. The molecule has 8 heteroatoms. The van der Waals surface area contributed by atoms with E-state index in [0.29, 0.717) is 11.6 Å². The number of hydrogen-bond donors (Lipinski definition) is 1. The Bertz CT molecular complexity index is 1210. The van der Waals surface area contributed by atoms with Crippen molar-refractivity contribution in [2.75, 3.05) is 0 Å². The number of nitrogens with one attached hydrogen (secondary N) is 1. The first-order valence-electron chi connectivity index (χ1n) is 9.78. The molecule has 4 aromatic rings. The van der Waals surface area contributed by atoms with Crippen molar-refractivity contribution in [2.24, 2.45) is 0 Å². The summed E-state index contributed by atoms with van der Waals surface area (Å²) < 4.78 is 16.7. The van der Waals surface area contributed by atoms with Gasteiger partial charge in [0.1, 0.15) is 5.82 Å². The zero-order chi connectivity index (χ0) is 22.0. The number of rotatable bonds is 6. The largest absolute Gasteiger partial charge is 0.352 e. The summed E-state index contributed by atoms with van der Waals surface area (Å²) in [6.45, 7) is 4.14. The second-order valence-electron chi connectivity index (χ2n) is 7.26. The van der Waals surface area contributed by atoms with Gasteiger partial charge < -0.3 is 5.32 Å². The van der Waals surface area contributed by atoms with Gasteiger partial charge in [0.2, 0.25) is 5.91 Å². The molecule has 0 fully saturated rings. The molecule has 0 saturated carbocycles. The first-order chi connectivity index (χ1) is 14.9. The van der Waals surface area contributed by atoms with Gasteiger partial charge >= 0.3 is 0 Å². The number of aromatic nitrogens is 4. The molecule has 0 unspecified atom stereocenters. The van der Waals surface area contributed by atoms with E-state index in [0.717, 1.165) is 33.9 Å². The number of halogens is 2. The summed E-state index contributed by atoms with van der Waals surface area (Å²) in [6, 6.07) is 13.5. The summed E-state index contributed by atoms with van der Waals surface area (Å²) in [5, 5.41) is 12.4. The van der Waals surface area contributed by atoms with Crippen LogP contribution in [-0.4, -0.2) is 25.5 Å². The highest BCUT2D eigenvalue weighted by molar-refractivity contribution is 6.30. The normalized spacial score (nSPS) is 11.0. The third-order valence-corrected chi connectivity index (χ3v) is 5.32. The zero-order valence-corrected chi connectivity index (χ0v) is 17.9. The molecule has 158 valence electrons. The number of carbonyl (C=O) groups excluding carboxylic acids is 1. The van der Waals surface area contributed by atoms with Crippen LogP contribution in [0.25, 0.3) is 11.4 Å². The lowest BCUT2D eigenvalue weighted by atomic mass is 10.1. The van der Waals surface area contributed by atoms with Crippen molar-refractivity contribution in [1.29, 1.82) is 0 Å². The van der Waals surface area contributed by atoms with E-state index >= 15 is 0 Å². The van der Waals surface area contributed by atoms with Crippen LogP contribution in [0.15, 0.2) is 60.9 Å². The van der Waals surface area contributed by atoms with E-state index in [2.05, 4.69) is 15.5 Å². The van der Waals surface area contributed by atoms with Crippen LogP contribution in [0.4, 0.5) is 4.39 Å². The summed E-state index contributed by atoms with van der Waals surface area (Å²) in [7, 11) is 0. The highest BCUT2D eigenvalue weighted by Gasteiger charge is 2.16. The molecule has 0 spiro atoms. The van der Waals surface area contributed by atoms with Gasteiger partial charge in [-0.2, -0.15) is 10.2 Å². The van der Waals surface area contributed by atoms with Crippen LogP contribution < -0.4 is 5.32 Å². The average Bonchev–Trinajstić information content (AvgIpc) is 3.34. The number of benzene rings is 2. The van der Waals surface area contributed by atoms with Crippen LogP contribution >= 0.6 is 11.6 Å². The maximum atomic E-state index is 13.2. The van der Waals surface area contributed by atoms with Crippen LogP contribution in [0.1, 0.15) is 22.5 Å². The first-order valence-corrected chi connectivity index (χ1v) is 10.2. The van der Waals surface area contributed by atoms with Gasteiger partial charge in [0.25, 0.3) is 0 Å². The third-order valence-electron chi connectivity index (χ3n) is 5.07. The van der Waals surface area contributed by atoms with E-state index in [4.69, 9.17) is 11.6 Å². The molecule has 4 rings (SSSR count). The van der Waals surface area contributed by atoms with Crippen molar-refractivity contribution < 1.29 is 9.18 Å². The fraction of sp³-hybridized carbons (Fsp3) is 0.174. The zero-order valence-electron chi connectivity index (χ0n) is 17.1. The molecule has 2 aromatic heterocycles. The molecule has 0 radical (unpaired) electrons. The van der Waals surface area contributed by atoms with E-state index in [-0.39, 0.29) is 18.1 Å². The van der Waals surface area contributed by atoms with Gasteiger partial charge in [-0.1, -0.05) is 11.6 Å². The van der Waals surface area contributed by atoms with Crippen LogP contribution in [0.5, 0.6) is 0 Å². The number of aryl methyl sites for hydroxylation is 1. The van der Waals surface area contributed by atoms with Gasteiger partial charge in [-0.3, -0.25) is 4.79 Å². The fourth-order valence-corrected chi connectivity index (χ4v) is 3.50. The molecule has 0 bridgehead atoms. The molecule has 0 aliphatic carbocycles. The van der Waals surface area contributed by atoms with Crippen molar-refractivity contribution >= 4 is 17.5 Å². The third kappa shape index (κ3) is 4.67. The van der Waals surface area contributed by atoms with E-state index in [1.165, 1.54) is 12.1 Å². The fourth-order valence-electron chi connectivity index (χ4n) is 3.37. The quantitative estimate of drug-likeness (QED) is 0.488. The summed E-state index contributed by atoms with van der Waals surface area (Å²) >= 11 is 5.92. The van der Waals surface area contributed by atoms with Crippen molar-refractivity contribution in [3.8, 4) is 11.4 Å². The van der Waals surface area contributed by atoms with Gasteiger partial charge in [-0.05, 0) is 62.4 Å². The summed E-state index contributed by atoms with van der Waals surface area (Å²) in [5.41, 5.74) is 5.02. The average molecular weight is 438 g/mol. The van der Waals surface area contributed by atoms with Gasteiger partial charge in [-0.25, -0.2) is 13.8 Å². The Balaban J connectivity index is 1.40. The van der Waals surface area contributed by atoms with Gasteiger partial charge in [0, 0.05) is 34.6 Å². The second kappa shape index (κ2) is 8.73. The summed E-state index contributed by atoms with van der Waals surface area (Å²) in [5.74, 6) is -0.409. The van der Waals surface area contributed by atoms with E-state index in [1.54, 1.807) is 39.8 Å². The predicted molar refractivity (Wildman–Crippen MR) is 117 cm³/mol. The molecular weight excluding hydrogens is 417 g/mol. The number of nitrogens with zero attached hydrogens (tertiary/aromatic N) is 4. The molecule has 6 nitrogen and oxygen atoms in total. The van der Waals surface area contributed by atoms with E-state index in [1.807, 2.05) is 32.2 Å². The molecule has 2 heterocycles. The molecular formula is C23H21ClFN5O. The lowest BCUT2D eigenvalue weighted by Crippen LogP contribution is -2.24. The van der Waals surface area contributed by atoms with Gasteiger partial charge in [0.05, 0.1) is 29.7 Å². The predicted octanol–water partition coefficient (Wildman–Crippen LogP) is 4.33. The van der Waals surface area contributed by atoms with Gasteiger partial charge in [0.15, 0.2) is 0 Å². The van der Waals surface area contributed by atoms with Crippen LogP contribution in [-0.2, 0) is 17.8 Å². The maximum Gasteiger partial charge on any atom is 0.224 e. The molecule has 0 aliphatic rings. The van der Waals surface area contributed by atoms with Crippen LogP contribution in [0.2, 0.25) is 5.02 Å². The monoisotopic (exact) mass is 437 g/mol. The van der Waals surface area contributed by atoms with E-state index < -0.39 is 0 Å². The lowest BCUT2D eigenvalue weighted by molar-refractivity contribution is -0.120. The van der Waals surface area contributed by atoms with E-state index in [9.17, 15) is 9.18 Å². The molecule has 0 atom stereocenters. The Hall–Kier alpha value is -3.45. The minimum Gasteiger partial charge on any atom is -0.352 e. The molecule has 1 N–H and O–H groups in total. The lowest BCUT2D eigenvalue weighted by Gasteiger charge is -2.06. The Morgan fingerprint density at radius 1 is 1.06 bits per heavy atom. The SMILES string of the molecule is Cc1nn(-c2ccc(F)cc2)c(C)c1CC(=O)NCc1cnn(-c2ccc(Cl)cc2)c1. The first kappa shape index (κ1) is 20.8. The summed E-state index contributed by atoms with van der Waals surface area (Å²) in [4.78, 5) is 12.6. The van der Waals surface area contributed by atoms with Crippen molar-refractivity contribution in [2.45, 2.75) is 26.8 Å². The summed E-state index contributed by atoms with van der Waals surface area (Å²) in [6.07, 6.45) is 3.80. The van der Waals surface area contributed by atoms with Crippen molar-refractivity contribution in [3.05, 3.63) is 94.3 Å². The number of hydrogen-bond acceptors (Lipinski definition) is 3. The highest BCUT2D eigenvalue weighted by atomic mass is 35.5. The second-order valence-corrected chi connectivity index (χ2v) is 7.70. The Morgan fingerprint density at radius 3 is 2.45 bits per heavy atom. The van der Waals surface area contributed by atoms with Crippen molar-refractivity contribution in [3.63, 3.8) is 0 Å². The number of amides is 1. The Morgan fingerprint density at radius 2 is 1.74 bits per heavy atom. The number of carbonyl (C=O) groups is 1. The highest BCUT2D eigenvalue weighted by Crippen LogP contribution is 2.19. The van der Waals surface area contributed by atoms with Crippen LogP contribution in [0, 0.1) is 19.7 Å². The minimum atomic E-state index is -0.302. The van der Waals surface area contributed by atoms with Crippen molar-refractivity contribution in [1.82, 2.24) is 24.9 Å². The topological polar surface area (TPSA) is 64.7 Å². The smallest absolute Gasteiger partial charge is 0.224 e. The molecule has 1 amide bonds. The Labute approximate surface area is 184 Å². The molecule has 0 aliphatic heterocycles.